The van der Waals surface area contributed by atoms with Crippen LogP contribution in [0.5, 0.6) is 0 Å². The van der Waals surface area contributed by atoms with Crippen LogP contribution in [0.25, 0.3) is 16.8 Å². The van der Waals surface area contributed by atoms with Gasteiger partial charge in [0.1, 0.15) is 0 Å². The van der Waals surface area contributed by atoms with Gasteiger partial charge in [-0.05, 0) is 65.9 Å². The molecule has 1 aliphatic heterocycles. The zero-order valence-electron chi connectivity index (χ0n) is 18.8. The predicted molar refractivity (Wildman–Crippen MR) is 140 cm³/mol. The number of hydrogen-bond acceptors (Lipinski definition) is 5. The summed E-state index contributed by atoms with van der Waals surface area (Å²) in [5, 5.41) is 7.81. The number of anilines is 1. The van der Waals surface area contributed by atoms with E-state index in [4.69, 9.17) is 12.2 Å². The highest BCUT2D eigenvalue weighted by Gasteiger charge is 2.27. The summed E-state index contributed by atoms with van der Waals surface area (Å²) in [4.78, 5) is 14.7. The summed E-state index contributed by atoms with van der Waals surface area (Å²) in [5.74, 6) is -0.361. The van der Waals surface area contributed by atoms with Gasteiger partial charge in [0.25, 0.3) is 0 Å². The topological polar surface area (TPSA) is 81.8 Å². The quantitative estimate of drug-likeness (QED) is 0.419. The number of nitrogens with zero attached hydrogens (tertiary/aromatic N) is 2. The summed E-state index contributed by atoms with van der Waals surface area (Å²) in [6, 6.07) is 20.2. The Balaban J connectivity index is 1.34. The highest BCUT2D eigenvalue weighted by atomic mass is 32.2. The average molecular weight is 495 g/mol. The van der Waals surface area contributed by atoms with E-state index in [9.17, 15) is 13.2 Å². The molecule has 0 atom stereocenters. The number of nitrogens with one attached hydrogen (secondary N) is 2. The summed E-state index contributed by atoms with van der Waals surface area (Å²) in [6.07, 6.45) is 3.18. The van der Waals surface area contributed by atoms with E-state index < -0.39 is 10.0 Å². The van der Waals surface area contributed by atoms with Crippen molar-refractivity contribution in [2.45, 2.75) is 4.90 Å². The number of thiocarbonyl (C=S) groups is 1. The van der Waals surface area contributed by atoms with Crippen molar-refractivity contribution in [1.82, 2.24) is 14.5 Å². The van der Waals surface area contributed by atoms with E-state index >= 15 is 0 Å². The Morgan fingerprint density at radius 3 is 2.35 bits per heavy atom. The van der Waals surface area contributed by atoms with E-state index in [1.54, 1.807) is 30.3 Å². The Morgan fingerprint density at radius 2 is 1.62 bits per heavy atom. The van der Waals surface area contributed by atoms with E-state index in [-0.39, 0.29) is 15.9 Å². The monoisotopic (exact) mass is 494 g/mol. The second-order valence-electron chi connectivity index (χ2n) is 8.08. The van der Waals surface area contributed by atoms with Crippen LogP contribution in [0.2, 0.25) is 0 Å². The summed E-state index contributed by atoms with van der Waals surface area (Å²) >= 11 is 5.23. The third-order valence-electron chi connectivity index (χ3n) is 5.69. The molecule has 0 radical (unpaired) electrons. The van der Waals surface area contributed by atoms with Crippen molar-refractivity contribution in [3.05, 3.63) is 78.4 Å². The maximum Gasteiger partial charge on any atom is 0.250 e. The molecule has 0 aliphatic carbocycles. The number of sulfonamides is 1. The molecule has 1 saturated heterocycles. The molecule has 2 N–H and O–H groups in total. The molecule has 176 valence electrons. The molecule has 3 aromatic carbocycles. The van der Waals surface area contributed by atoms with Crippen LogP contribution in [0.1, 0.15) is 5.56 Å². The first-order valence-corrected chi connectivity index (χ1v) is 12.7. The van der Waals surface area contributed by atoms with Crippen LogP contribution in [0.3, 0.4) is 0 Å². The van der Waals surface area contributed by atoms with Crippen molar-refractivity contribution < 1.29 is 13.2 Å². The van der Waals surface area contributed by atoms with E-state index in [2.05, 4.69) is 15.5 Å². The van der Waals surface area contributed by atoms with Crippen molar-refractivity contribution in [3.63, 3.8) is 0 Å². The van der Waals surface area contributed by atoms with Crippen LogP contribution in [-0.4, -0.2) is 61.9 Å². The minimum absolute atomic E-state index is 0.127. The molecule has 34 heavy (non-hydrogen) atoms. The van der Waals surface area contributed by atoms with Crippen LogP contribution in [0.15, 0.2) is 77.7 Å². The molecule has 1 heterocycles. The molecule has 0 unspecified atom stereocenters. The summed E-state index contributed by atoms with van der Waals surface area (Å²) in [5.41, 5.74) is 1.52. The van der Waals surface area contributed by atoms with Crippen LogP contribution < -0.4 is 10.6 Å². The largest absolute Gasteiger partial charge is 0.332 e. The lowest BCUT2D eigenvalue weighted by Crippen LogP contribution is -2.46. The fourth-order valence-electron chi connectivity index (χ4n) is 3.76. The number of rotatable bonds is 5. The predicted octanol–water partition coefficient (Wildman–Crippen LogP) is 3.30. The lowest BCUT2D eigenvalue weighted by atomic mass is 10.0. The molecule has 0 spiro atoms. The van der Waals surface area contributed by atoms with Gasteiger partial charge >= 0.3 is 0 Å². The Hall–Kier alpha value is -3.11. The minimum atomic E-state index is -3.53. The van der Waals surface area contributed by atoms with E-state index in [0.29, 0.717) is 31.9 Å². The zero-order chi connectivity index (χ0) is 24.1. The lowest BCUT2D eigenvalue weighted by Gasteiger charge is -2.31. The van der Waals surface area contributed by atoms with Crippen molar-refractivity contribution in [2.75, 3.05) is 38.5 Å². The van der Waals surface area contributed by atoms with E-state index in [0.717, 1.165) is 16.3 Å². The highest BCUT2D eigenvalue weighted by Crippen LogP contribution is 2.21. The summed E-state index contributed by atoms with van der Waals surface area (Å²) in [6.45, 7) is 2.37. The third kappa shape index (κ3) is 5.68. The first kappa shape index (κ1) is 24.0. The van der Waals surface area contributed by atoms with E-state index in [1.165, 1.54) is 10.4 Å². The second-order valence-corrected chi connectivity index (χ2v) is 10.4. The molecule has 1 amide bonds. The van der Waals surface area contributed by atoms with Gasteiger partial charge in [-0.3, -0.25) is 10.1 Å². The number of carbonyl (C=O) groups excluding carboxylic acids is 1. The third-order valence-corrected chi connectivity index (χ3v) is 7.80. The number of likely N-dealkylation sites (N-methyl/N-ethyl adjacent to an activating group) is 1. The standard InChI is InChI=1S/C25H26N4O3S2/c1-28-15-17-29(18-16-28)34(31,32)22-12-10-21(11-13-22)26-25(33)27-24(30)14-9-20-7-4-6-19-5-2-3-8-23(19)20/h2-14H,15-18H2,1H3,(H2,26,27,30,33)/b14-9-. The molecular weight excluding hydrogens is 468 g/mol. The number of carbonyl (C=O) groups is 1. The van der Waals surface area contributed by atoms with Gasteiger partial charge in [0.15, 0.2) is 5.11 Å². The normalized spacial score (nSPS) is 15.4. The van der Waals surface area contributed by atoms with Gasteiger partial charge in [-0.2, -0.15) is 4.31 Å². The average Bonchev–Trinajstić information content (AvgIpc) is 2.83. The van der Waals surface area contributed by atoms with Gasteiger partial charge in [-0.25, -0.2) is 8.42 Å². The van der Waals surface area contributed by atoms with E-state index in [1.807, 2.05) is 49.5 Å². The molecule has 7 nitrogen and oxygen atoms in total. The van der Waals surface area contributed by atoms with Crippen molar-refractivity contribution >= 4 is 55.8 Å². The lowest BCUT2D eigenvalue weighted by molar-refractivity contribution is -0.115. The fourth-order valence-corrected chi connectivity index (χ4v) is 5.41. The highest BCUT2D eigenvalue weighted by molar-refractivity contribution is 7.89. The van der Waals surface area contributed by atoms with Gasteiger partial charge in [0.2, 0.25) is 15.9 Å². The molecule has 4 rings (SSSR count). The Bertz CT molecular complexity index is 1320. The molecular formula is C25H26N4O3S2. The molecule has 1 fully saturated rings. The molecule has 1 aliphatic rings. The summed E-state index contributed by atoms with van der Waals surface area (Å²) in [7, 11) is -1.55. The van der Waals surface area contributed by atoms with Gasteiger partial charge in [-0.15, -0.1) is 0 Å². The first-order chi connectivity index (χ1) is 16.3. The van der Waals surface area contributed by atoms with Gasteiger partial charge < -0.3 is 10.2 Å². The van der Waals surface area contributed by atoms with Crippen molar-refractivity contribution in [3.8, 4) is 0 Å². The van der Waals surface area contributed by atoms with Crippen LogP contribution in [0.4, 0.5) is 5.69 Å². The number of amides is 1. The smallest absolute Gasteiger partial charge is 0.250 e. The minimum Gasteiger partial charge on any atom is -0.332 e. The molecule has 9 heteroatoms. The van der Waals surface area contributed by atoms with Gasteiger partial charge in [-0.1, -0.05) is 42.5 Å². The van der Waals surface area contributed by atoms with Crippen molar-refractivity contribution in [2.24, 2.45) is 0 Å². The number of benzene rings is 3. The fraction of sp³-hybridized carbons (Fsp3) is 0.200. The Kier molecular flexibility index (Phi) is 7.38. The Morgan fingerprint density at radius 1 is 0.941 bits per heavy atom. The van der Waals surface area contributed by atoms with Gasteiger partial charge in [0.05, 0.1) is 4.90 Å². The number of hydrogen-bond donors (Lipinski definition) is 2. The molecule has 3 aromatic rings. The SMILES string of the molecule is CN1CCN(S(=O)(=O)c2ccc(NC(=S)NC(=O)/C=C\c3cccc4ccccc34)cc2)CC1. The van der Waals surface area contributed by atoms with Gasteiger partial charge in [0, 0.05) is 37.9 Å². The maximum atomic E-state index is 12.8. The second kappa shape index (κ2) is 10.4. The number of piperazine rings is 1. The summed E-state index contributed by atoms with van der Waals surface area (Å²) < 4.78 is 27.2. The Labute approximate surface area is 205 Å². The molecule has 0 bridgehead atoms. The van der Waals surface area contributed by atoms with Crippen molar-refractivity contribution in [1.29, 1.82) is 0 Å². The zero-order valence-corrected chi connectivity index (χ0v) is 20.4. The van der Waals surface area contributed by atoms with Crippen LogP contribution in [0, 0.1) is 0 Å². The molecule has 0 aromatic heterocycles. The van der Waals surface area contributed by atoms with Crippen LogP contribution >= 0.6 is 12.2 Å². The first-order valence-electron chi connectivity index (χ1n) is 10.9. The molecule has 0 saturated carbocycles. The number of fused-ring (bicyclic) bond motifs is 1. The maximum absolute atomic E-state index is 12.8. The van der Waals surface area contributed by atoms with Crippen LogP contribution in [-0.2, 0) is 14.8 Å².